The summed E-state index contributed by atoms with van der Waals surface area (Å²) >= 11 is 1.85. The Kier molecular flexibility index (Phi) is 7.99. The van der Waals surface area contributed by atoms with Gasteiger partial charge in [0.2, 0.25) is 0 Å². The van der Waals surface area contributed by atoms with Gasteiger partial charge >= 0.3 is 0 Å². The molecule has 1 saturated heterocycles. The maximum atomic E-state index is 12.1. The molecule has 188 valence electrons. The molecule has 0 amide bonds. The lowest BCUT2D eigenvalue weighted by Crippen LogP contribution is -2.41. The summed E-state index contributed by atoms with van der Waals surface area (Å²) in [6, 6.07) is 27.8. The van der Waals surface area contributed by atoms with Crippen LogP contribution in [0.2, 0.25) is 0 Å². The Bertz CT molecular complexity index is 1180. The van der Waals surface area contributed by atoms with Gasteiger partial charge in [0.25, 0.3) is 0 Å². The van der Waals surface area contributed by atoms with Crippen molar-refractivity contribution in [2.45, 2.75) is 25.6 Å². The number of nitrogens with zero attached hydrogens (tertiary/aromatic N) is 2. The Morgan fingerprint density at radius 1 is 0.861 bits per heavy atom. The van der Waals surface area contributed by atoms with E-state index in [0.717, 1.165) is 62.8 Å². The molecule has 1 N–H and O–H groups in total. The summed E-state index contributed by atoms with van der Waals surface area (Å²) in [4.78, 5) is 7.58. The highest BCUT2D eigenvalue weighted by Crippen LogP contribution is 2.37. The Balaban J connectivity index is 1.38. The van der Waals surface area contributed by atoms with Crippen LogP contribution < -0.4 is 0 Å². The number of hydrogen-bond acceptors (Lipinski definition) is 6. The highest BCUT2D eigenvalue weighted by atomic mass is 32.1. The third-order valence-electron chi connectivity index (χ3n) is 6.79. The van der Waals surface area contributed by atoms with Crippen LogP contribution in [0.3, 0.4) is 0 Å². The number of thiophene rings is 1. The number of furan rings is 1. The van der Waals surface area contributed by atoms with Crippen molar-refractivity contribution in [1.29, 1.82) is 0 Å². The molecule has 5 rings (SSSR count). The molecule has 5 nitrogen and oxygen atoms in total. The monoisotopic (exact) mass is 502 g/mol. The maximum absolute atomic E-state index is 12.1. The van der Waals surface area contributed by atoms with E-state index in [-0.39, 0.29) is 0 Å². The highest BCUT2D eigenvalue weighted by Gasteiger charge is 2.37. The molecular formula is C30H34N2O3S. The van der Waals surface area contributed by atoms with E-state index in [1.165, 1.54) is 9.75 Å². The number of rotatable bonds is 10. The van der Waals surface area contributed by atoms with E-state index in [0.29, 0.717) is 12.3 Å². The van der Waals surface area contributed by atoms with Crippen molar-refractivity contribution in [3.8, 4) is 0 Å². The summed E-state index contributed by atoms with van der Waals surface area (Å²) in [5, 5.41) is 12.1. The fourth-order valence-corrected chi connectivity index (χ4v) is 5.73. The largest absolute Gasteiger partial charge is 0.461 e. The molecule has 2 aromatic carbocycles. The molecule has 0 unspecified atom stereocenters. The van der Waals surface area contributed by atoms with Gasteiger partial charge < -0.3 is 14.3 Å². The normalized spacial score (nSPS) is 15.0. The van der Waals surface area contributed by atoms with Gasteiger partial charge in [-0.25, -0.2) is 0 Å². The molecule has 3 heterocycles. The molecule has 0 radical (unpaired) electrons. The van der Waals surface area contributed by atoms with Gasteiger partial charge in [0.15, 0.2) is 5.60 Å². The molecule has 1 aliphatic rings. The molecule has 0 aliphatic carbocycles. The second-order valence-corrected chi connectivity index (χ2v) is 10.8. The fourth-order valence-electron chi connectivity index (χ4n) is 4.80. The lowest BCUT2D eigenvalue weighted by Gasteiger charge is -2.30. The quantitative estimate of drug-likeness (QED) is 0.320. The molecule has 36 heavy (non-hydrogen) atoms. The Morgan fingerprint density at radius 3 is 2.14 bits per heavy atom. The first-order valence-corrected chi connectivity index (χ1v) is 13.4. The Morgan fingerprint density at radius 2 is 1.53 bits per heavy atom. The van der Waals surface area contributed by atoms with Gasteiger partial charge in [0.1, 0.15) is 11.5 Å². The SMILES string of the molecule is Cc1ccc(CN(CCN2CCOCC2)Cc2ccc(C(O)(c3ccccc3)c3ccccc3)o2)s1. The molecule has 4 aromatic rings. The zero-order valence-corrected chi connectivity index (χ0v) is 21.6. The van der Waals surface area contributed by atoms with E-state index in [9.17, 15) is 5.11 Å². The van der Waals surface area contributed by atoms with E-state index in [2.05, 4.69) is 28.9 Å². The summed E-state index contributed by atoms with van der Waals surface area (Å²) in [6.45, 7) is 9.23. The van der Waals surface area contributed by atoms with Gasteiger partial charge in [-0.2, -0.15) is 0 Å². The first-order valence-electron chi connectivity index (χ1n) is 12.6. The zero-order valence-electron chi connectivity index (χ0n) is 20.8. The molecule has 1 aliphatic heterocycles. The Labute approximate surface area is 217 Å². The highest BCUT2D eigenvalue weighted by molar-refractivity contribution is 7.11. The van der Waals surface area contributed by atoms with Gasteiger partial charge in [-0.3, -0.25) is 9.80 Å². The van der Waals surface area contributed by atoms with E-state index in [4.69, 9.17) is 9.15 Å². The number of morpholine rings is 1. The molecular weight excluding hydrogens is 468 g/mol. The van der Waals surface area contributed by atoms with Crippen molar-refractivity contribution in [3.63, 3.8) is 0 Å². The van der Waals surface area contributed by atoms with Crippen molar-refractivity contribution < 1.29 is 14.3 Å². The number of ether oxygens (including phenoxy) is 1. The standard InChI is InChI=1S/C30H34N2O3S/c1-24-12-14-28(36-24)23-32(17-16-31-18-20-34-21-19-31)22-27-13-15-29(35-27)30(33,25-8-4-2-5-9-25)26-10-6-3-7-11-26/h2-15,33H,16-23H2,1H3. The van der Waals surface area contributed by atoms with Crippen LogP contribution in [0.1, 0.15) is 32.4 Å². The first-order chi connectivity index (χ1) is 17.6. The lowest BCUT2D eigenvalue weighted by molar-refractivity contribution is 0.0320. The number of aryl methyl sites for hydroxylation is 1. The van der Waals surface area contributed by atoms with Crippen LogP contribution in [-0.4, -0.2) is 54.3 Å². The molecule has 0 saturated carbocycles. The van der Waals surface area contributed by atoms with Gasteiger partial charge in [-0.05, 0) is 42.3 Å². The molecule has 0 bridgehead atoms. The van der Waals surface area contributed by atoms with Crippen LogP contribution in [0, 0.1) is 6.92 Å². The van der Waals surface area contributed by atoms with Crippen LogP contribution in [0.25, 0.3) is 0 Å². The molecule has 1 fully saturated rings. The topological polar surface area (TPSA) is 49.1 Å². The summed E-state index contributed by atoms with van der Waals surface area (Å²) in [7, 11) is 0. The van der Waals surface area contributed by atoms with Gasteiger partial charge in [0, 0.05) is 42.5 Å². The van der Waals surface area contributed by atoms with E-state index < -0.39 is 5.60 Å². The van der Waals surface area contributed by atoms with Crippen molar-refractivity contribution >= 4 is 11.3 Å². The van der Waals surface area contributed by atoms with Crippen molar-refractivity contribution in [2.24, 2.45) is 0 Å². The Hall–Kier alpha value is -2.74. The van der Waals surface area contributed by atoms with Crippen LogP contribution in [-0.2, 0) is 23.4 Å². The lowest BCUT2D eigenvalue weighted by atomic mass is 9.84. The minimum atomic E-state index is -1.36. The molecule has 0 atom stereocenters. The maximum Gasteiger partial charge on any atom is 0.173 e. The minimum absolute atomic E-state index is 0.537. The van der Waals surface area contributed by atoms with E-state index in [1.54, 1.807) is 0 Å². The smallest absolute Gasteiger partial charge is 0.173 e. The fraction of sp³-hybridized carbons (Fsp3) is 0.333. The predicted molar refractivity (Wildman–Crippen MR) is 144 cm³/mol. The van der Waals surface area contributed by atoms with Crippen molar-refractivity contribution in [1.82, 2.24) is 9.80 Å². The average Bonchev–Trinajstić information content (AvgIpc) is 3.57. The average molecular weight is 503 g/mol. The van der Waals surface area contributed by atoms with Crippen molar-refractivity contribution in [2.75, 3.05) is 39.4 Å². The van der Waals surface area contributed by atoms with E-state index in [1.807, 2.05) is 84.1 Å². The summed E-state index contributed by atoms with van der Waals surface area (Å²) in [5.41, 5.74) is 0.218. The van der Waals surface area contributed by atoms with Gasteiger partial charge in [-0.15, -0.1) is 11.3 Å². The first kappa shape index (κ1) is 24.9. The van der Waals surface area contributed by atoms with Crippen LogP contribution in [0.4, 0.5) is 0 Å². The van der Waals surface area contributed by atoms with Crippen molar-refractivity contribution in [3.05, 3.63) is 117 Å². The molecule has 0 spiro atoms. The van der Waals surface area contributed by atoms with Gasteiger partial charge in [0.05, 0.1) is 19.8 Å². The molecule has 2 aromatic heterocycles. The molecule has 6 heteroatoms. The minimum Gasteiger partial charge on any atom is -0.461 e. The number of benzene rings is 2. The summed E-state index contributed by atoms with van der Waals surface area (Å²) in [6.07, 6.45) is 0. The number of hydrogen-bond donors (Lipinski definition) is 1. The second-order valence-electron chi connectivity index (χ2n) is 9.39. The third-order valence-corrected chi connectivity index (χ3v) is 7.78. The van der Waals surface area contributed by atoms with Crippen LogP contribution in [0.15, 0.2) is 89.3 Å². The van der Waals surface area contributed by atoms with E-state index >= 15 is 0 Å². The third kappa shape index (κ3) is 5.80. The number of aliphatic hydroxyl groups is 1. The summed E-state index contributed by atoms with van der Waals surface area (Å²) in [5.74, 6) is 1.39. The van der Waals surface area contributed by atoms with Crippen LogP contribution in [0.5, 0.6) is 0 Å². The predicted octanol–water partition coefficient (Wildman–Crippen LogP) is 5.27. The van der Waals surface area contributed by atoms with Crippen LogP contribution >= 0.6 is 11.3 Å². The van der Waals surface area contributed by atoms with Gasteiger partial charge in [-0.1, -0.05) is 60.7 Å². The second kappa shape index (κ2) is 11.5. The zero-order chi connectivity index (χ0) is 24.8. The summed E-state index contributed by atoms with van der Waals surface area (Å²) < 4.78 is 11.9.